The van der Waals surface area contributed by atoms with Gasteiger partial charge in [-0.15, -0.1) is 13.2 Å². The van der Waals surface area contributed by atoms with Crippen LogP contribution in [0, 0.1) is 11.7 Å². The van der Waals surface area contributed by atoms with Crippen LogP contribution < -0.4 is 10.1 Å². The monoisotopic (exact) mass is 674 g/mol. The van der Waals surface area contributed by atoms with Crippen LogP contribution in [0.3, 0.4) is 0 Å². The quantitative estimate of drug-likeness (QED) is 0.216. The molecule has 8 rings (SSSR count). The zero-order valence-corrected chi connectivity index (χ0v) is 25.3. The molecule has 1 spiro atoms. The number of nitrogens with one attached hydrogen (secondary N) is 1. The van der Waals surface area contributed by atoms with E-state index in [1.165, 1.54) is 6.07 Å². The van der Waals surface area contributed by atoms with E-state index in [1.54, 1.807) is 34.9 Å². The first-order valence-electron chi connectivity index (χ1n) is 14.7. The summed E-state index contributed by atoms with van der Waals surface area (Å²) in [4.78, 5) is 33.5. The molecule has 2 fully saturated rings. The third kappa shape index (κ3) is 4.26. The molecular formula is C32H24Cl2F4N4O4. The van der Waals surface area contributed by atoms with E-state index < -0.39 is 46.8 Å². The lowest BCUT2D eigenvalue weighted by molar-refractivity contribution is -0.274. The Kier molecular flexibility index (Phi) is 6.46. The Hall–Kier alpha value is -3.87. The Morgan fingerprint density at radius 1 is 1.13 bits per heavy atom. The Balaban J connectivity index is 1.41. The van der Waals surface area contributed by atoms with Crippen LogP contribution in [0.1, 0.15) is 58.4 Å². The van der Waals surface area contributed by atoms with Gasteiger partial charge in [-0.2, -0.15) is 0 Å². The summed E-state index contributed by atoms with van der Waals surface area (Å²) in [5.41, 5.74) is -0.365. The van der Waals surface area contributed by atoms with Gasteiger partial charge in [-0.05, 0) is 55.0 Å². The molecule has 238 valence electrons. The summed E-state index contributed by atoms with van der Waals surface area (Å²) < 4.78 is 62.0. The fraction of sp³-hybridized carbons (Fsp3) is 0.344. The third-order valence-corrected chi connectivity index (χ3v) is 10.3. The van der Waals surface area contributed by atoms with Gasteiger partial charge in [0.2, 0.25) is 5.91 Å². The summed E-state index contributed by atoms with van der Waals surface area (Å²) in [6.45, 7) is 0.865. The standard InChI is InChI=1S/C32H24Cl2F4N4O4/c33-15-6-7-18-20(10-15)40-30(45)31(18)26(16-2-1-3-19(34)27(16)35)25-22(42(31)13-14-4-5-14)8-9-41-23-12-24(46-32(36,37)38)17(29(43)44)11-21(23)39-28(25)41/h1-3,6-7,10-12,14,22,25-26H,4-5,8-9,13H2,(H,40,45)(H,43,44)/t22-,25+,26-,31+/m0/s1. The molecule has 1 saturated heterocycles. The van der Waals surface area contributed by atoms with Crippen molar-refractivity contribution in [2.45, 2.75) is 55.6 Å². The highest BCUT2D eigenvalue weighted by Gasteiger charge is 2.69. The van der Waals surface area contributed by atoms with Crippen molar-refractivity contribution in [3.05, 3.63) is 86.9 Å². The van der Waals surface area contributed by atoms with Gasteiger partial charge in [0.1, 0.15) is 28.5 Å². The van der Waals surface area contributed by atoms with E-state index in [0.29, 0.717) is 47.5 Å². The lowest BCUT2D eigenvalue weighted by Gasteiger charge is -2.40. The number of likely N-dealkylation sites (tertiary alicyclic amines) is 1. The smallest absolute Gasteiger partial charge is 0.478 e. The average molecular weight is 675 g/mol. The molecule has 2 N–H and O–H groups in total. The molecule has 1 aromatic heterocycles. The molecule has 4 aliphatic rings. The molecule has 3 aromatic carbocycles. The minimum atomic E-state index is -5.13. The van der Waals surface area contributed by atoms with Gasteiger partial charge in [0.15, 0.2) is 0 Å². The van der Waals surface area contributed by atoms with Gasteiger partial charge in [0.05, 0.1) is 16.1 Å². The van der Waals surface area contributed by atoms with Gasteiger partial charge in [-0.25, -0.2) is 14.2 Å². The van der Waals surface area contributed by atoms with Gasteiger partial charge < -0.3 is 19.7 Å². The number of hydrogen-bond acceptors (Lipinski definition) is 5. The summed E-state index contributed by atoms with van der Waals surface area (Å²) in [6.07, 6.45) is -2.71. The molecule has 1 aliphatic carbocycles. The summed E-state index contributed by atoms with van der Waals surface area (Å²) in [6, 6.07) is 11.5. The minimum absolute atomic E-state index is 0.121. The van der Waals surface area contributed by atoms with E-state index in [2.05, 4.69) is 15.0 Å². The van der Waals surface area contributed by atoms with Crippen molar-refractivity contribution in [1.29, 1.82) is 0 Å². The number of alkyl halides is 3. The van der Waals surface area contributed by atoms with E-state index in [0.717, 1.165) is 25.0 Å². The number of aryl methyl sites for hydroxylation is 1. The van der Waals surface area contributed by atoms with Gasteiger partial charge in [0, 0.05) is 53.3 Å². The number of ether oxygens (including phenoxy) is 1. The zero-order valence-electron chi connectivity index (χ0n) is 23.7. The number of halogens is 6. The fourth-order valence-electron chi connectivity index (χ4n) is 7.99. The second kappa shape index (κ2) is 10.1. The number of carbonyl (C=O) groups excluding carboxylic acids is 1. The van der Waals surface area contributed by atoms with Crippen molar-refractivity contribution in [3.8, 4) is 5.75 Å². The number of aromatic carboxylic acids is 1. The number of rotatable bonds is 5. The average Bonchev–Trinajstić information content (AvgIpc) is 3.58. The number of amides is 1. The van der Waals surface area contributed by atoms with Gasteiger partial charge >= 0.3 is 12.3 Å². The highest BCUT2D eigenvalue weighted by atomic mass is 35.5. The largest absolute Gasteiger partial charge is 0.573 e. The molecular weight excluding hydrogens is 651 g/mol. The normalized spacial score (nSPS) is 25.4. The number of benzene rings is 3. The maximum absolute atomic E-state index is 16.2. The van der Waals surface area contributed by atoms with Crippen molar-refractivity contribution < 1.29 is 37.0 Å². The van der Waals surface area contributed by atoms with Crippen molar-refractivity contribution in [3.63, 3.8) is 0 Å². The molecule has 4 aromatic rings. The molecule has 1 amide bonds. The number of anilines is 1. The maximum Gasteiger partial charge on any atom is 0.573 e. The van der Waals surface area contributed by atoms with Gasteiger partial charge in [-0.1, -0.05) is 41.4 Å². The molecule has 4 heterocycles. The van der Waals surface area contributed by atoms with E-state index in [1.807, 2.05) is 0 Å². The van der Waals surface area contributed by atoms with E-state index in [9.17, 15) is 27.9 Å². The molecule has 4 atom stereocenters. The van der Waals surface area contributed by atoms with Crippen LogP contribution in [0.4, 0.5) is 23.2 Å². The molecule has 0 radical (unpaired) electrons. The lowest BCUT2D eigenvalue weighted by Crippen LogP contribution is -2.53. The van der Waals surface area contributed by atoms with Crippen LogP contribution >= 0.6 is 23.2 Å². The zero-order chi connectivity index (χ0) is 32.3. The summed E-state index contributed by atoms with van der Waals surface area (Å²) in [7, 11) is 0. The number of aromatic nitrogens is 2. The number of carbonyl (C=O) groups is 2. The first kappa shape index (κ1) is 29.5. The highest BCUT2D eigenvalue weighted by Crippen LogP contribution is 2.64. The predicted molar refractivity (Wildman–Crippen MR) is 160 cm³/mol. The van der Waals surface area contributed by atoms with Crippen molar-refractivity contribution in [2.75, 3.05) is 11.9 Å². The third-order valence-electron chi connectivity index (χ3n) is 9.81. The predicted octanol–water partition coefficient (Wildman–Crippen LogP) is 7.29. The van der Waals surface area contributed by atoms with Gasteiger partial charge in [-0.3, -0.25) is 9.69 Å². The number of carboxylic acid groups (broad SMARTS) is 1. The molecule has 46 heavy (non-hydrogen) atoms. The van der Waals surface area contributed by atoms with Crippen LogP contribution in [0.25, 0.3) is 11.0 Å². The Morgan fingerprint density at radius 3 is 2.63 bits per heavy atom. The number of carboxylic acids is 1. The first-order valence-corrected chi connectivity index (χ1v) is 15.5. The van der Waals surface area contributed by atoms with E-state index >= 15 is 4.39 Å². The van der Waals surface area contributed by atoms with Crippen LogP contribution in [-0.4, -0.2) is 50.4 Å². The second-order valence-corrected chi connectivity index (χ2v) is 13.2. The molecule has 0 bridgehead atoms. The summed E-state index contributed by atoms with van der Waals surface area (Å²) in [5.74, 6) is -4.29. The van der Waals surface area contributed by atoms with Crippen LogP contribution in [0.2, 0.25) is 10.0 Å². The number of hydrogen-bond donors (Lipinski definition) is 2. The first-order chi connectivity index (χ1) is 21.9. The topological polar surface area (TPSA) is 96.7 Å². The van der Waals surface area contributed by atoms with Crippen molar-refractivity contribution in [1.82, 2.24) is 14.5 Å². The van der Waals surface area contributed by atoms with Crippen molar-refractivity contribution >= 4 is 51.8 Å². The van der Waals surface area contributed by atoms with E-state index in [-0.39, 0.29) is 33.6 Å². The van der Waals surface area contributed by atoms with Crippen LogP contribution in [0.5, 0.6) is 5.75 Å². The van der Waals surface area contributed by atoms with Gasteiger partial charge in [0.25, 0.3) is 0 Å². The number of nitrogens with zero attached hydrogens (tertiary/aromatic N) is 3. The summed E-state index contributed by atoms with van der Waals surface area (Å²) >= 11 is 12.7. The Labute approximate surface area is 268 Å². The SMILES string of the molecule is O=C(O)c1cc2nc3n(c2cc1OC(F)(F)F)CC[C@H]1[C@@H]3[C@H](c2cccc(Cl)c2F)[C@]2(C(=O)Nc3cc(Cl)ccc32)N1CC1CC1. The molecule has 8 nitrogen and oxygen atoms in total. The molecule has 3 aliphatic heterocycles. The molecule has 14 heteroatoms. The van der Waals surface area contributed by atoms with Crippen molar-refractivity contribution in [2.24, 2.45) is 5.92 Å². The maximum atomic E-state index is 16.2. The van der Waals surface area contributed by atoms with Crippen LogP contribution in [0.15, 0.2) is 48.5 Å². The number of imidazole rings is 1. The Bertz CT molecular complexity index is 1980. The molecule has 1 saturated carbocycles. The second-order valence-electron chi connectivity index (χ2n) is 12.3. The fourth-order valence-corrected chi connectivity index (χ4v) is 8.35. The van der Waals surface area contributed by atoms with Crippen LogP contribution in [-0.2, 0) is 16.9 Å². The highest BCUT2D eigenvalue weighted by molar-refractivity contribution is 6.31. The van der Waals surface area contributed by atoms with E-state index in [4.69, 9.17) is 28.2 Å². The minimum Gasteiger partial charge on any atom is -0.478 e. The number of fused-ring (bicyclic) bond motifs is 7. The summed E-state index contributed by atoms with van der Waals surface area (Å²) in [5, 5.41) is 13.0. The molecule has 0 unspecified atom stereocenters. The lowest BCUT2D eigenvalue weighted by atomic mass is 9.70. The Morgan fingerprint density at radius 2 is 1.91 bits per heavy atom.